The molecule has 5 nitrogen and oxygen atoms in total. The number of para-hydroxylation sites is 2. The average Bonchev–Trinajstić information content (AvgIpc) is 4.09. The summed E-state index contributed by atoms with van der Waals surface area (Å²) < 4.78 is 7.24. The van der Waals surface area contributed by atoms with E-state index in [4.69, 9.17) is 15.0 Å². The highest BCUT2D eigenvalue weighted by atomic mass is 32.1. The Morgan fingerprint density at radius 1 is 0.296 bits per heavy atom. The number of nitrogens with zero attached hydrogens (tertiary/aromatic N) is 5. The maximum absolute atomic E-state index is 5.57. The SMILES string of the molecule is c1ccc(-c2cccc(-c3nc(-c4cc(-n5c6cc7ccccc7cc6c6cc7ccccc7cc65)c5c(c4)sc4ccccc45)nc(-c4cccc5c4c4ccccc4n5-c4ccccc4)n3)c2)cc1. The van der Waals surface area contributed by atoms with Gasteiger partial charge in [0, 0.05) is 64.1 Å². The number of fused-ring (bicyclic) bond motifs is 11. The smallest absolute Gasteiger partial charge is 0.164 e. The van der Waals surface area contributed by atoms with Gasteiger partial charge in [-0.3, -0.25) is 0 Å². The number of rotatable bonds is 6. The van der Waals surface area contributed by atoms with Crippen molar-refractivity contribution in [2.75, 3.05) is 0 Å². The summed E-state index contributed by atoms with van der Waals surface area (Å²) in [5, 5.41) is 11.9. The highest BCUT2D eigenvalue weighted by Crippen LogP contribution is 2.45. The van der Waals surface area contributed by atoms with Crippen molar-refractivity contribution >= 4 is 96.7 Å². The van der Waals surface area contributed by atoms with Gasteiger partial charge in [-0.2, -0.15) is 0 Å². The van der Waals surface area contributed by atoms with Gasteiger partial charge in [-0.1, -0.05) is 164 Å². The summed E-state index contributed by atoms with van der Waals surface area (Å²) in [4.78, 5) is 16.5. The van der Waals surface area contributed by atoms with E-state index in [0.29, 0.717) is 17.5 Å². The second kappa shape index (κ2) is 15.7. The summed E-state index contributed by atoms with van der Waals surface area (Å²) in [6.07, 6.45) is 0. The van der Waals surface area contributed by atoms with Gasteiger partial charge in [0.25, 0.3) is 0 Å². The van der Waals surface area contributed by atoms with Gasteiger partial charge < -0.3 is 9.13 Å². The van der Waals surface area contributed by atoms with E-state index in [1.54, 1.807) is 0 Å². The molecule has 0 aliphatic rings. The molecule has 0 saturated carbocycles. The Kier molecular flexibility index (Phi) is 8.76. The molecule has 6 heteroatoms. The Morgan fingerprint density at radius 3 is 1.58 bits per heavy atom. The molecule has 0 saturated heterocycles. The second-order valence-electron chi connectivity index (χ2n) is 18.4. The summed E-state index contributed by atoms with van der Waals surface area (Å²) in [5.41, 5.74) is 11.7. The van der Waals surface area contributed by atoms with Crippen molar-refractivity contribution in [3.8, 4) is 56.7 Å². The number of benzene rings is 11. The summed E-state index contributed by atoms with van der Waals surface area (Å²) in [7, 11) is 0. The molecule has 0 N–H and O–H groups in total. The topological polar surface area (TPSA) is 48.5 Å². The first kappa shape index (κ1) is 39.7. The van der Waals surface area contributed by atoms with Gasteiger partial charge in [0.05, 0.1) is 27.8 Å². The van der Waals surface area contributed by atoms with Crippen LogP contribution in [0.1, 0.15) is 0 Å². The lowest BCUT2D eigenvalue weighted by Crippen LogP contribution is -2.02. The van der Waals surface area contributed by atoms with E-state index >= 15 is 0 Å². The standard InChI is InChI=1S/C65H39N5S/c1-3-17-40(18-4-1)41-23-15-24-46(33-41)63-66-64(68-65(67-63)51-29-16-31-55-61(51)49-27-11-13-30-54(49)69(55)48-25-5-2-6-26-48)47-38-58(62-50-28-12-14-32-59(50)71-60(62)39-47)70-56-36-44-21-9-7-19-42(44)34-52(56)53-35-43-20-8-10-22-45(43)37-57(53)70/h1-39H. The van der Waals surface area contributed by atoms with Gasteiger partial charge in [0.2, 0.25) is 0 Å². The van der Waals surface area contributed by atoms with Crippen molar-refractivity contribution < 1.29 is 0 Å². The summed E-state index contributed by atoms with van der Waals surface area (Å²) in [6.45, 7) is 0. The molecule has 4 aromatic heterocycles. The zero-order valence-corrected chi connectivity index (χ0v) is 39.0. The van der Waals surface area contributed by atoms with Gasteiger partial charge in [0.15, 0.2) is 17.5 Å². The Labute approximate surface area is 411 Å². The van der Waals surface area contributed by atoms with E-state index in [1.165, 1.54) is 47.8 Å². The third-order valence-electron chi connectivity index (χ3n) is 14.3. The van der Waals surface area contributed by atoms with Crippen molar-refractivity contribution in [3.05, 3.63) is 237 Å². The normalized spacial score (nSPS) is 11.9. The molecule has 0 amide bonds. The van der Waals surface area contributed by atoms with Crippen molar-refractivity contribution in [2.45, 2.75) is 0 Å². The van der Waals surface area contributed by atoms with Crippen molar-refractivity contribution in [1.82, 2.24) is 24.1 Å². The number of aromatic nitrogens is 5. The van der Waals surface area contributed by atoms with E-state index in [9.17, 15) is 0 Å². The third kappa shape index (κ3) is 6.28. The fourth-order valence-corrected chi connectivity index (χ4v) is 12.2. The van der Waals surface area contributed by atoms with Gasteiger partial charge in [-0.15, -0.1) is 11.3 Å². The van der Waals surface area contributed by atoms with Crippen molar-refractivity contribution in [2.24, 2.45) is 0 Å². The first-order chi connectivity index (χ1) is 35.2. The molecule has 11 aromatic carbocycles. The molecule has 0 aliphatic carbocycles. The van der Waals surface area contributed by atoms with E-state index in [0.717, 1.165) is 76.7 Å². The summed E-state index contributed by atoms with van der Waals surface area (Å²) in [6, 6.07) is 85.1. The van der Waals surface area contributed by atoms with Crippen LogP contribution in [0.2, 0.25) is 0 Å². The molecule has 15 rings (SSSR count). The molecule has 0 bridgehead atoms. The van der Waals surface area contributed by atoms with Crippen LogP contribution in [0, 0.1) is 0 Å². The van der Waals surface area contributed by atoms with E-state index < -0.39 is 0 Å². The molecule has 0 spiro atoms. The second-order valence-corrected chi connectivity index (χ2v) is 19.5. The van der Waals surface area contributed by atoms with E-state index in [2.05, 4.69) is 246 Å². The van der Waals surface area contributed by atoms with Gasteiger partial charge in [-0.05, 0) is 105 Å². The lowest BCUT2D eigenvalue weighted by Gasteiger charge is -2.15. The molecule has 0 atom stereocenters. The predicted molar refractivity (Wildman–Crippen MR) is 298 cm³/mol. The largest absolute Gasteiger partial charge is 0.309 e. The molecule has 4 heterocycles. The minimum absolute atomic E-state index is 0.608. The van der Waals surface area contributed by atoms with Crippen LogP contribution in [0.4, 0.5) is 0 Å². The molecule has 0 fully saturated rings. The van der Waals surface area contributed by atoms with Crippen LogP contribution in [0.3, 0.4) is 0 Å². The molecule has 0 aliphatic heterocycles. The fraction of sp³-hybridized carbons (Fsp3) is 0. The summed E-state index contributed by atoms with van der Waals surface area (Å²) >= 11 is 1.82. The Balaban J connectivity index is 1.04. The van der Waals surface area contributed by atoms with Crippen LogP contribution in [0.5, 0.6) is 0 Å². The number of hydrogen-bond donors (Lipinski definition) is 0. The quantitative estimate of drug-likeness (QED) is 0.167. The molecule has 71 heavy (non-hydrogen) atoms. The van der Waals surface area contributed by atoms with Crippen molar-refractivity contribution in [1.29, 1.82) is 0 Å². The van der Waals surface area contributed by atoms with Crippen LogP contribution in [0.25, 0.3) is 142 Å². The molecular formula is C65H39N5S. The monoisotopic (exact) mass is 921 g/mol. The number of thiophene rings is 1. The fourth-order valence-electron chi connectivity index (χ4n) is 11.1. The predicted octanol–water partition coefficient (Wildman–Crippen LogP) is 17.4. The maximum atomic E-state index is 5.57. The van der Waals surface area contributed by atoms with E-state index in [1.807, 2.05) is 11.3 Å². The van der Waals surface area contributed by atoms with Crippen LogP contribution in [0.15, 0.2) is 237 Å². The Bertz CT molecular complexity index is 4550. The van der Waals surface area contributed by atoms with Gasteiger partial charge in [0.1, 0.15) is 0 Å². The molecule has 0 unspecified atom stereocenters. The first-order valence-corrected chi connectivity index (χ1v) is 24.8. The van der Waals surface area contributed by atoms with Crippen molar-refractivity contribution in [3.63, 3.8) is 0 Å². The maximum Gasteiger partial charge on any atom is 0.164 e. The molecule has 0 radical (unpaired) electrons. The van der Waals surface area contributed by atoms with Crippen LogP contribution in [-0.4, -0.2) is 24.1 Å². The number of hydrogen-bond acceptors (Lipinski definition) is 4. The van der Waals surface area contributed by atoms with Gasteiger partial charge in [-0.25, -0.2) is 15.0 Å². The zero-order chi connectivity index (χ0) is 46.6. The Morgan fingerprint density at radius 2 is 0.845 bits per heavy atom. The highest BCUT2D eigenvalue weighted by Gasteiger charge is 2.24. The zero-order valence-electron chi connectivity index (χ0n) is 38.2. The van der Waals surface area contributed by atoms with Crippen LogP contribution >= 0.6 is 11.3 Å². The molecule has 330 valence electrons. The van der Waals surface area contributed by atoms with E-state index in [-0.39, 0.29) is 0 Å². The molecular weight excluding hydrogens is 883 g/mol. The molecule has 15 aromatic rings. The Hall–Kier alpha value is -9.23. The average molecular weight is 922 g/mol. The first-order valence-electron chi connectivity index (χ1n) is 24.0. The lowest BCUT2D eigenvalue weighted by molar-refractivity contribution is 1.07. The van der Waals surface area contributed by atoms with Crippen LogP contribution < -0.4 is 0 Å². The third-order valence-corrected chi connectivity index (χ3v) is 15.4. The lowest BCUT2D eigenvalue weighted by atomic mass is 10.0. The van der Waals surface area contributed by atoms with Crippen LogP contribution in [-0.2, 0) is 0 Å². The summed E-state index contributed by atoms with van der Waals surface area (Å²) in [5.74, 6) is 1.83. The minimum atomic E-state index is 0.608. The van der Waals surface area contributed by atoms with Gasteiger partial charge >= 0.3 is 0 Å². The minimum Gasteiger partial charge on any atom is -0.309 e. The highest BCUT2D eigenvalue weighted by molar-refractivity contribution is 7.26.